The van der Waals surface area contributed by atoms with Crippen LogP contribution >= 0.6 is 0 Å². The quantitative estimate of drug-likeness (QED) is 0.660. The number of aryl methyl sites for hydroxylation is 2. The van der Waals surface area contributed by atoms with Crippen molar-refractivity contribution in [2.24, 2.45) is 5.73 Å². The molecule has 2 aromatic rings. The predicted molar refractivity (Wildman–Crippen MR) is 85.5 cm³/mol. The largest absolute Gasteiger partial charge is 0.384 e. The molecule has 0 bridgehead atoms. The van der Waals surface area contributed by atoms with Gasteiger partial charge in [0.1, 0.15) is 5.84 Å². The summed E-state index contributed by atoms with van der Waals surface area (Å²) in [4.78, 5) is 2.24. The highest BCUT2D eigenvalue weighted by Crippen LogP contribution is 2.21. The van der Waals surface area contributed by atoms with Crippen LogP contribution < -0.4 is 10.6 Å². The normalized spacial score (nSPS) is 10.3. The van der Waals surface area contributed by atoms with Crippen LogP contribution in [0.4, 0.5) is 5.69 Å². The van der Waals surface area contributed by atoms with Crippen LogP contribution in [0.15, 0.2) is 42.5 Å². The first-order valence-corrected chi connectivity index (χ1v) is 6.69. The molecule has 3 nitrogen and oxygen atoms in total. The molecule has 20 heavy (non-hydrogen) atoms. The summed E-state index contributed by atoms with van der Waals surface area (Å²) in [6.45, 7) is 5.03. The summed E-state index contributed by atoms with van der Waals surface area (Å²) in [7, 11) is 2.10. The summed E-state index contributed by atoms with van der Waals surface area (Å²) in [5, 5.41) is 7.47. The molecular weight excluding hydrogens is 246 g/mol. The molecule has 3 heteroatoms. The summed E-state index contributed by atoms with van der Waals surface area (Å²) < 4.78 is 0. The fraction of sp³-hybridized carbons (Fsp3) is 0.235. The van der Waals surface area contributed by atoms with E-state index in [1.807, 2.05) is 12.1 Å². The zero-order chi connectivity index (χ0) is 14.7. The average Bonchev–Trinajstić information content (AvgIpc) is 2.41. The third kappa shape index (κ3) is 2.99. The van der Waals surface area contributed by atoms with E-state index in [1.165, 1.54) is 16.8 Å². The van der Waals surface area contributed by atoms with Crippen LogP contribution in [0.5, 0.6) is 0 Å². The summed E-state index contributed by atoms with van der Waals surface area (Å²) >= 11 is 0. The maximum atomic E-state index is 7.47. The highest BCUT2D eigenvalue weighted by atomic mass is 15.1. The van der Waals surface area contributed by atoms with Gasteiger partial charge in [-0.25, -0.2) is 0 Å². The van der Waals surface area contributed by atoms with Crippen molar-refractivity contribution in [3.8, 4) is 0 Å². The van der Waals surface area contributed by atoms with E-state index in [1.54, 1.807) is 0 Å². The Kier molecular flexibility index (Phi) is 4.08. The van der Waals surface area contributed by atoms with Gasteiger partial charge in [-0.1, -0.05) is 30.3 Å². The highest BCUT2D eigenvalue weighted by Gasteiger charge is 2.07. The zero-order valence-corrected chi connectivity index (χ0v) is 12.3. The van der Waals surface area contributed by atoms with E-state index in [0.717, 1.165) is 17.7 Å². The Morgan fingerprint density at radius 2 is 1.80 bits per heavy atom. The molecule has 0 unspecified atom stereocenters. The monoisotopic (exact) mass is 267 g/mol. The third-order valence-corrected chi connectivity index (χ3v) is 3.59. The Morgan fingerprint density at radius 3 is 2.40 bits per heavy atom. The maximum absolute atomic E-state index is 7.47. The Morgan fingerprint density at radius 1 is 1.10 bits per heavy atom. The summed E-state index contributed by atoms with van der Waals surface area (Å²) in [6.07, 6.45) is 0. The van der Waals surface area contributed by atoms with Gasteiger partial charge in [0.15, 0.2) is 0 Å². The Labute approximate surface area is 120 Å². The first-order valence-electron chi connectivity index (χ1n) is 6.69. The number of nitrogens with zero attached hydrogens (tertiary/aromatic N) is 1. The molecule has 0 aliphatic rings. The lowest BCUT2D eigenvalue weighted by atomic mass is 10.0. The lowest BCUT2D eigenvalue weighted by Crippen LogP contribution is -2.18. The zero-order valence-electron chi connectivity index (χ0n) is 12.3. The van der Waals surface area contributed by atoms with Gasteiger partial charge < -0.3 is 10.6 Å². The number of hydrogen-bond acceptors (Lipinski definition) is 2. The van der Waals surface area contributed by atoms with Crippen molar-refractivity contribution in [1.82, 2.24) is 0 Å². The number of benzene rings is 2. The van der Waals surface area contributed by atoms with E-state index in [0.29, 0.717) is 0 Å². The van der Waals surface area contributed by atoms with E-state index in [9.17, 15) is 0 Å². The number of nitrogen functional groups attached to an aromatic ring is 1. The van der Waals surface area contributed by atoms with Gasteiger partial charge in [-0.2, -0.15) is 0 Å². The van der Waals surface area contributed by atoms with Crippen LogP contribution in [0.3, 0.4) is 0 Å². The summed E-state index contributed by atoms with van der Waals surface area (Å²) in [5.41, 5.74) is 11.2. The number of para-hydroxylation sites is 1. The van der Waals surface area contributed by atoms with Gasteiger partial charge in [0, 0.05) is 24.8 Å². The summed E-state index contributed by atoms with van der Waals surface area (Å²) in [6, 6.07) is 14.3. The third-order valence-electron chi connectivity index (χ3n) is 3.59. The second kappa shape index (κ2) is 5.78. The fourth-order valence-corrected chi connectivity index (χ4v) is 2.37. The van der Waals surface area contributed by atoms with Crippen LogP contribution in [0.25, 0.3) is 0 Å². The van der Waals surface area contributed by atoms with Crippen LogP contribution in [0, 0.1) is 19.3 Å². The van der Waals surface area contributed by atoms with E-state index in [-0.39, 0.29) is 5.84 Å². The predicted octanol–water partition coefficient (Wildman–Crippen LogP) is 3.22. The molecule has 2 aromatic carbocycles. The smallest absolute Gasteiger partial charge is 0.122 e. The minimum Gasteiger partial charge on any atom is -0.384 e. The van der Waals surface area contributed by atoms with E-state index < -0.39 is 0 Å². The molecule has 0 saturated heterocycles. The van der Waals surface area contributed by atoms with Gasteiger partial charge in [-0.05, 0) is 42.7 Å². The first kappa shape index (κ1) is 14.1. The van der Waals surface area contributed by atoms with Crippen LogP contribution in [0.2, 0.25) is 0 Å². The average molecular weight is 267 g/mol. The minimum absolute atomic E-state index is 0.118. The molecule has 104 valence electrons. The van der Waals surface area contributed by atoms with Crippen molar-refractivity contribution in [2.45, 2.75) is 20.4 Å². The van der Waals surface area contributed by atoms with E-state index in [2.05, 4.69) is 56.1 Å². The lowest BCUT2D eigenvalue weighted by molar-refractivity contribution is 0.909. The summed E-state index contributed by atoms with van der Waals surface area (Å²) in [5.74, 6) is 0.118. The molecule has 0 aliphatic carbocycles. The molecule has 0 saturated carbocycles. The van der Waals surface area contributed by atoms with Crippen LogP contribution in [0.1, 0.15) is 22.3 Å². The topological polar surface area (TPSA) is 53.1 Å². The number of nitrogens with two attached hydrogens (primary N) is 1. The second-order valence-electron chi connectivity index (χ2n) is 5.20. The molecule has 0 atom stereocenters. The standard InChI is InChI=1S/C17H21N3/c1-12-6-4-5-7-16(12)20(3)11-15-9-8-14(17(18)19)10-13(15)2/h4-10H,11H2,1-3H3,(H3,18,19). The van der Waals surface area contributed by atoms with Gasteiger partial charge in [-0.3, -0.25) is 5.41 Å². The molecular formula is C17H21N3. The number of rotatable bonds is 4. The molecule has 3 N–H and O–H groups in total. The van der Waals surface area contributed by atoms with Crippen molar-refractivity contribution in [3.63, 3.8) is 0 Å². The number of amidine groups is 1. The minimum atomic E-state index is 0.118. The van der Waals surface area contributed by atoms with Gasteiger partial charge in [0.05, 0.1) is 0 Å². The fourth-order valence-electron chi connectivity index (χ4n) is 2.37. The number of hydrogen-bond donors (Lipinski definition) is 2. The van der Waals surface area contributed by atoms with Crippen molar-refractivity contribution >= 4 is 11.5 Å². The number of anilines is 1. The molecule has 0 aliphatic heterocycles. The molecule has 2 rings (SSSR count). The lowest BCUT2D eigenvalue weighted by Gasteiger charge is -2.22. The van der Waals surface area contributed by atoms with Crippen LogP contribution in [-0.2, 0) is 6.54 Å². The number of nitrogens with one attached hydrogen (secondary N) is 1. The Balaban J connectivity index is 2.22. The van der Waals surface area contributed by atoms with Crippen molar-refractivity contribution < 1.29 is 0 Å². The van der Waals surface area contributed by atoms with E-state index >= 15 is 0 Å². The van der Waals surface area contributed by atoms with Gasteiger partial charge in [0.25, 0.3) is 0 Å². The first-order chi connectivity index (χ1) is 9.49. The maximum Gasteiger partial charge on any atom is 0.122 e. The highest BCUT2D eigenvalue weighted by molar-refractivity contribution is 5.95. The SMILES string of the molecule is Cc1cc(C(=N)N)ccc1CN(C)c1ccccc1C. The second-order valence-corrected chi connectivity index (χ2v) is 5.20. The molecule has 0 amide bonds. The molecule has 0 fully saturated rings. The van der Waals surface area contributed by atoms with Crippen molar-refractivity contribution in [3.05, 3.63) is 64.7 Å². The van der Waals surface area contributed by atoms with Crippen molar-refractivity contribution in [1.29, 1.82) is 5.41 Å². The van der Waals surface area contributed by atoms with Gasteiger partial charge >= 0.3 is 0 Å². The van der Waals surface area contributed by atoms with E-state index in [4.69, 9.17) is 11.1 Å². The Bertz CT molecular complexity index is 632. The molecule has 0 heterocycles. The van der Waals surface area contributed by atoms with Crippen molar-refractivity contribution in [2.75, 3.05) is 11.9 Å². The molecule has 0 radical (unpaired) electrons. The van der Waals surface area contributed by atoms with Gasteiger partial charge in [0.2, 0.25) is 0 Å². The molecule has 0 spiro atoms. The molecule has 0 aromatic heterocycles. The Hall–Kier alpha value is -2.29. The van der Waals surface area contributed by atoms with Gasteiger partial charge in [-0.15, -0.1) is 0 Å². The van der Waals surface area contributed by atoms with Crippen LogP contribution in [-0.4, -0.2) is 12.9 Å².